The third-order valence-electron chi connectivity index (χ3n) is 2.64. The van der Waals surface area contributed by atoms with E-state index in [1.807, 2.05) is 18.4 Å². The Kier molecular flexibility index (Phi) is 3.89. The van der Waals surface area contributed by atoms with Crippen molar-refractivity contribution >= 4 is 34.5 Å². The molecule has 0 aliphatic heterocycles. The summed E-state index contributed by atoms with van der Waals surface area (Å²) < 4.78 is 0. The minimum atomic E-state index is -0.147. The summed E-state index contributed by atoms with van der Waals surface area (Å²) in [7, 11) is 0. The number of benzene rings is 1. The van der Waals surface area contributed by atoms with Gasteiger partial charge in [0.05, 0.1) is 17.3 Å². The molecule has 1 aromatic carbocycles. The molecule has 3 nitrogen and oxygen atoms in total. The highest BCUT2D eigenvalue weighted by atomic mass is 35.5. The molecule has 0 saturated carbocycles. The molecule has 0 bridgehead atoms. The Morgan fingerprint density at radius 3 is 2.83 bits per heavy atom. The minimum Gasteiger partial charge on any atom is -0.398 e. The highest BCUT2D eigenvalue weighted by molar-refractivity contribution is 7.10. The molecule has 0 atom stereocenters. The number of rotatable bonds is 3. The summed E-state index contributed by atoms with van der Waals surface area (Å²) in [5, 5.41) is 5.33. The van der Waals surface area contributed by atoms with Crippen molar-refractivity contribution in [2.75, 3.05) is 5.73 Å². The third-order valence-corrected chi connectivity index (χ3v) is 4.00. The molecule has 1 amide bonds. The summed E-state index contributed by atoms with van der Waals surface area (Å²) in [5.74, 6) is -0.147. The van der Waals surface area contributed by atoms with Crippen LogP contribution in [0.5, 0.6) is 0 Å². The van der Waals surface area contributed by atoms with Crippen LogP contribution >= 0.6 is 22.9 Å². The van der Waals surface area contributed by atoms with Crippen molar-refractivity contribution in [1.82, 2.24) is 5.32 Å². The number of hydrogen-bond donors (Lipinski definition) is 2. The molecular weight excluding hydrogens is 268 g/mol. The number of anilines is 1. The van der Waals surface area contributed by atoms with Crippen LogP contribution in [0, 0.1) is 6.92 Å². The normalized spacial score (nSPS) is 10.3. The van der Waals surface area contributed by atoms with Crippen LogP contribution in [0.1, 0.15) is 20.8 Å². The van der Waals surface area contributed by atoms with E-state index in [9.17, 15) is 4.79 Å². The van der Waals surface area contributed by atoms with E-state index in [0.29, 0.717) is 22.8 Å². The van der Waals surface area contributed by atoms with Crippen LogP contribution in [-0.4, -0.2) is 5.91 Å². The van der Waals surface area contributed by atoms with Gasteiger partial charge in [-0.25, -0.2) is 0 Å². The molecule has 3 N–H and O–H groups in total. The van der Waals surface area contributed by atoms with Gasteiger partial charge in [-0.05, 0) is 42.1 Å². The van der Waals surface area contributed by atoms with Gasteiger partial charge in [-0.1, -0.05) is 11.6 Å². The molecule has 0 aliphatic carbocycles. The third kappa shape index (κ3) is 2.83. The number of nitrogens with two attached hydrogens (primary N) is 1. The van der Waals surface area contributed by atoms with Crippen molar-refractivity contribution in [3.05, 3.63) is 50.7 Å². The number of hydrogen-bond acceptors (Lipinski definition) is 3. The van der Waals surface area contributed by atoms with Gasteiger partial charge >= 0.3 is 0 Å². The summed E-state index contributed by atoms with van der Waals surface area (Å²) in [6, 6.07) is 6.91. The van der Waals surface area contributed by atoms with E-state index < -0.39 is 0 Å². The summed E-state index contributed by atoms with van der Waals surface area (Å²) in [5.41, 5.74) is 7.79. The second-order valence-electron chi connectivity index (χ2n) is 3.95. The molecule has 0 radical (unpaired) electrons. The highest BCUT2D eigenvalue weighted by Gasteiger charge is 2.08. The number of thiophene rings is 1. The molecule has 2 aromatic rings. The van der Waals surface area contributed by atoms with E-state index in [0.717, 1.165) is 4.88 Å². The fraction of sp³-hybridized carbons (Fsp3) is 0.154. The number of nitrogen functional groups attached to an aromatic ring is 1. The van der Waals surface area contributed by atoms with Gasteiger partial charge in [0.1, 0.15) is 0 Å². The molecule has 0 spiro atoms. The van der Waals surface area contributed by atoms with Gasteiger partial charge in [-0.3, -0.25) is 4.79 Å². The predicted molar refractivity (Wildman–Crippen MR) is 76.1 cm³/mol. The number of carbonyl (C=O) groups is 1. The lowest BCUT2D eigenvalue weighted by atomic mass is 10.2. The molecule has 2 rings (SSSR count). The molecule has 5 heteroatoms. The second kappa shape index (κ2) is 5.42. The first-order chi connectivity index (χ1) is 8.58. The summed E-state index contributed by atoms with van der Waals surface area (Å²) in [4.78, 5) is 13.1. The maximum Gasteiger partial charge on any atom is 0.251 e. The summed E-state index contributed by atoms with van der Waals surface area (Å²) >= 11 is 7.44. The molecule has 1 heterocycles. The lowest BCUT2D eigenvalue weighted by Gasteiger charge is -2.06. The van der Waals surface area contributed by atoms with Crippen LogP contribution in [0.15, 0.2) is 29.6 Å². The lowest BCUT2D eigenvalue weighted by molar-refractivity contribution is 0.0951. The molecule has 1 aromatic heterocycles. The molecule has 0 aliphatic rings. The van der Waals surface area contributed by atoms with Crippen molar-refractivity contribution in [3.8, 4) is 0 Å². The van der Waals surface area contributed by atoms with Gasteiger partial charge in [0, 0.05) is 10.4 Å². The molecule has 18 heavy (non-hydrogen) atoms. The maximum atomic E-state index is 11.9. The Bertz CT molecular complexity index is 580. The predicted octanol–water partition coefficient (Wildman–Crippen LogP) is 3.22. The molecule has 94 valence electrons. The second-order valence-corrected chi connectivity index (χ2v) is 5.35. The van der Waals surface area contributed by atoms with Gasteiger partial charge in [-0.2, -0.15) is 0 Å². The Morgan fingerprint density at radius 2 is 2.22 bits per heavy atom. The number of nitrogens with one attached hydrogen (secondary N) is 1. The first-order valence-corrected chi connectivity index (χ1v) is 6.70. The molecule has 0 fully saturated rings. The Hall–Kier alpha value is -1.52. The fourth-order valence-electron chi connectivity index (χ4n) is 1.53. The van der Waals surface area contributed by atoms with Crippen molar-refractivity contribution in [2.24, 2.45) is 0 Å². The van der Waals surface area contributed by atoms with Crippen LogP contribution in [0.2, 0.25) is 5.02 Å². The van der Waals surface area contributed by atoms with Crippen LogP contribution < -0.4 is 11.1 Å². The van der Waals surface area contributed by atoms with Gasteiger partial charge in [0.25, 0.3) is 5.91 Å². The zero-order valence-electron chi connectivity index (χ0n) is 9.87. The maximum absolute atomic E-state index is 11.9. The molecule has 0 saturated heterocycles. The standard InChI is InChI=1S/C13H13ClN2OS/c1-8-4-5-18-12(8)7-16-13(17)9-2-3-10(14)11(15)6-9/h2-6H,7,15H2,1H3,(H,16,17). The Labute approximate surface area is 115 Å². The number of aryl methyl sites for hydroxylation is 1. The summed E-state index contributed by atoms with van der Waals surface area (Å²) in [6.07, 6.45) is 0. The molecule has 0 unspecified atom stereocenters. The quantitative estimate of drug-likeness (QED) is 0.848. The monoisotopic (exact) mass is 280 g/mol. The van der Waals surface area contributed by atoms with E-state index in [-0.39, 0.29) is 5.91 Å². The zero-order chi connectivity index (χ0) is 13.1. The molecular formula is C13H13ClN2OS. The lowest BCUT2D eigenvalue weighted by Crippen LogP contribution is -2.22. The van der Waals surface area contributed by atoms with Crippen molar-refractivity contribution in [2.45, 2.75) is 13.5 Å². The fourth-order valence-corrected chi connectivity index (χ4v) is 2.50. The van der Waals surface area contributed by atoms with E-state index in [2.05, 4.69) is 5.32 Å². The van der Waals surface area contributed by atoms with Gasteiger partial charge in [-0.15, -0.1) is 11.3 Å². The highest BCUT2D eigenvalue weighted by Crippen LogP contribution is 2.20. The number of carbonyl (C=O) groups excluding carboxylic acids is 1. The van der Waals surface area contributed by atoms with E-state index in [4.69, 9.17) is 17.3 Å². The van der Waals surface area contributed by atoms with Crippen molar-refractivity contribution in [3.63, 3.8) is 0 Å². The zero-order valence-corrected chi connectivity index (χ0v) is 11.4. The first kappa shape index (κ1) is 12.9. The van der Waals surface area contributed by atoms with E-state index in [1.54, 1.807) is 29.5 Å². The van der Waals surface area contributed by atoms with Crippen molar-refractivity contribution < 1.29 is 4.79 Å². The van der Waals surface area contributed by atoms with Gasteiger partial charge in [0.2, 0.25) is 0 Å². The summed E-state index contributed by atoms with van der Waals surface area (Å²) in [6.45, 7) is 2.56. The van der Waals surface area contributed by atoms with Gasteiger partial charge < -0.3 is 11.1 Å². The Morgan fingerprint density at radius 1 is 1.44 bits per heavy atom. The van der Waals surface area contributed by atoms with Crippen LogP contribution in [0.25, 0.3) is 0 Å². The smallest absolute Gasteiger partial charge is 0.251 e. The average molecular weight is 281 g/mol. The van der Waals surface area contributed by atoms with E-state index in [1.165, 1.54) is 5.56 Å². The number of amides is 1. The minimum absolute atomic E-state index is 0.147. The van der Waals surface area contributed by atoms with Gasteiger partial charge in [0.15, 0.2) is 0 Å². The topological polar surface area (TPSA) is 55.1 Å². The number of halogens is 1. The van der Waals surface area contributed by atoms with Crippen LogP contribution in [0.3, 0.4) is 0 Å². The van der Waals surface area contributed by atoms with Crippen molar-refractivity contribution in [1.29, 1.82) is 0 Å². The van der Waals surface area contributed by atoms with Crippen LogP contribution in [-0.2, 0) is 6.54 Å². The van der Waals surface area contributed by atoms with Crippen LogP contribution in [0.4, 0.5) is 5.69 Å². The SMILES string of the molecule is Cc1ccsc1CNC(=O)c1ccc(Cl)c(N)c1. The average Bonchev–Trinajstić information content (AvgIpc) is 2.75. The Balaban J connectivity index is 2.04. The largest absolute Gasteiger partial charge is 0.398 e. The van der Waals surface area contributed by atoms with E-state index >= 15 is 0 Å². The first-order valence-electron chi connectivity index (χ1n) is 5.44.